The van der Waals surface area contributed by atoms with Crippen LogP contribution in [0.15, 0.2) is 0 Å². The molecule has 1 aromatic rings. The molecule has 0 spiro atoms. The highest BCUT2D eigenvalue weighted by Crippen LogP contribution is 2.22. The molecule has 96 valence electrons. The molecule has 0 aliphatic heterocycles. The van der Waals surface area contributed by atoms with Gasteiger partial charge in [0.15, 0.2) is 0 Å². The third-order valence-electron chi connectivity index (χ3n) is 3.45. The molecule has 0 saturated heterocycles. The van der Waals surface area contributed by atoms with Gasteiger partial charge in [0, 0.05) is 31.0 Å². The molecule has 1 N–H and O–H groups in total. The SMILES string of the molecule is COCC(C)n1nc(C)c(CNC2CC2)c1C. The monoisotopic (exact) mass is 237 g/mol. The van der Waals surface area contributed by atoms with Crippen LogP contribution >= 0.6 is 0 Å². The first-order chi connectivity index (χ1) is 8.13. The first kappa shape index (κ1) is 12.6. The van der Waals surface area contributed by atoms with E-state index in [2.05, 4.69) is 35.9 Å². The maximum Gasteiger partial charge on any atom is 0.0727 e. The predicted molar refractivity (Wildman–Crippen MR) is 68.1 cm³/mol. The van der Waals surface area contributed by atoms with Crippen LogP contribution in [0.1, 0.15) is 42.8 Å². The molecule has 0 radical (unpaired) electrons. The Balaban J connectivity index is 2.09. The second-order valence-corrected chi connectivity index (χ2v) is 5.05. The van der Waals surface area contributed by atoms with Crippen molar-refractivity contribution in [2.45, 2.75) is 52.2 Å². The van der Waals surface area contributed by atoms with Crippen LogP contribution in [0.25, 0.3) is 0 Å². The van der Waals surface area contributed by atoms with E-state index in [4.69, 9.17) is 4.74 Å². The van der Waals surface area contributed by atoms with Crippen LogP contribution in [-0.2, 0) is 11.3 Å². The van der Waals surface area contributed by atoms with Gasteiger partial charge in [-0.1, -0.05) is 0 Å². The number of methoxy groups -OCH3 is 1. The van der Waals surface area contributed by atoms with Crippen LogP contribution in [0.3, 0.4) is 0 Å². The Morgan fingerprint density at radius 3 is 2.76 bits per heavy atom. The molecular weight excluding hydrogens is 214 g/mol. The number of nitrogens with zero attached hydrogens (tertiary/aromatic N) is 2. The van der Waals surface area contributed by atoms with Gasteiger partial charge in [0.2, 0.25) is 0 Å². The van der Waals surface area contributed by atoms with Crippen molar-refractivity contribution < 1.29 is 4.74 Å². The summed E-state index contributed by atoms with van der Waals surface area (Å²) >= 11 is 0. The molecule has 1 saturated carbocycles. The highest BCUT2D eigenvalue weighted by molar-refractivity contribution is 5.25. The number of rotatable bonds is 6. The summed E-state index contributed by atoms with van der Waals surface area (Å²) in [6.45, 7) is 8.03. The summed E-state index contributed by atoms with van der Waals surface area (Å²) in [5.74, 6) is 0. The molecule has 0 amide bonds. The third-order valence-corrected chi connectivity index (χ3v) is 3.45. The second-order valence-electron chi connectivity index (χ2n) is 5.05. The normalized spacial score (nSPS) is 17.4. The van der Waals surface area contributed by atoms with Gasteiger partial charge in [-0.2, -0.15) is 5.10 Å². The van der Waals surface area contributed by atoms with E-state index in [1.54, 1.807) is 7.11 Å². The van der Waals surface area contributed by atoms with Gasteiger partial charge in [-0.15, -0.1) is 0 Å². The highest BCUT2D eigenvalue weighted by atomic mass is 16.5. The van der Waals surface area contributed by atoms with Crippen molar-refractivity contribution >= 4 is 0 Å². The largest absolute Gasteiger partial charge is 0.382 e. The van der Waals surface area contributed by atoms with Crippen molar-refractivity contribution in [2.24, 2.45) is 0 Å². The number of ether oxygens (including phenoxy) is 1. The van der Waals surface area contributed by atoms with Crippen LogP contribution in [-0.4, -0.2) is 29.5 Å². The fourth-order valence-electron chi connectivity index (χ4n) is 2.23. The Morgan fingerprint density at radius 1 is 1.47 bits per heavy atom. The zero-order valence-corrected chi connectivity index (χ0v) is 11.3. The molecule has 1 unspecified atom stereocenters. The Bertz CT molecular complexity index is 382. The van der Waals surface area contributed by atoms with E-state index in [0.29, 0.717) is 12.6 Å². The van der Waals surface area contributed by atoms with E-state index in [9.17, 15) is 0 Å². The Morgan fingerprint density at radius 2 is 2.18 bits per heavy atom. The number of aryl methyl sites for hydroxylation is 1. The highest BCUT2D eigenvalue weighted by Gasteiger charge is 2.22. The Kier molecular flexibility index (Phi) is 3.84. The zero-order valence-electron chi connectivity index (χ0n) is 11.3. The quantitative estimate of drug-likeness (QED) is 0.822. The van der Waals surface area contributed by atoms with Crippen LogP contribution in [0.5, 0.6) is 0 Å². The van der Waals surface area contributed by atoms with Gasteiger partial charge >= 0.3 is 0 Å². The number of hydrogen-bond acceptors (Lipinski definition) is 3. The molecule has 1 aliphatic carbocycles. The van der Waals surface area contributed by atoms with E-state index < -0.39 is 0 Å². The smallest absolute Gasteiger partial charge is 0.0727 e. The lowest BCUT2D eigenvalue weighted by Crippen LogP contribution is -2.17. The molecule has 1 aliphatic rings. The van der Waals surface area contributed by atoms with Gasteiger partial charge in [0.05, 0.1) is 18.3 Å². The molecule has 1 fully saturated rings. The lowest BCUT2D eigenvalue weighted by atomic mass is 10.2. The summed E-state index contributed by atoms with van der Waals surface area (Å²) in [6.07, 6.45) is 2.65. The summed E-state index contributed by atoms with van der Waals surface area (Å²) in [7, 11) is 1.73. The minimum atomic E-state index is 0.299. The minimum Gasteiger partial charge on any atom is -0.382 e. The van der Waals surface area contributed by atoms with Crippen LogP contribution in [0, 0.1) is 13.8 Å². The fourth-order valence-corrected chi connectivity index (χ4v) is 2.23. The summed E-state index contributed by atoms with van der Waals surface area (Å²) in [4.78, 5) is 0. The van der Waals surface area contributed by atoms with Crippen molar-refractivity contribution in [2.75, 3.05) is 13.7 Å². The van der Waals surface area contributed by atoms with Crippen LogP contribution < -0.4 is 5.32 Å². The maximum atomic E-state index is 5.19. The molecular formula is C13H23N3O. The maximum absolute atomic E-state index is 5.19. The Hall–Kier alpha value is -0.870. The van der Waals surface area contributed by atoms with Crippen molar-refractivity contribution in [1.29, 1.82) is 0 Å². The van der Waals surface area contributed by atoms with E-state index >= 15 is 0 Å². The minimum absolute atomic E-state index is 0.299. The summed E-state index contributed by atoms with van der Waals surface area (Å²) in [6, 6.07) is 1.04. The molecule has 1 heterocycles. The van der Waals surface area contributed by atoms with Crippen molar-refractivity contribution in [3.05, 3.63) is 17.0 Å². The van der Waals surface area contributed by atoms with E-state index in [-0.39, 0.29) is 0 Å². The molecule has 4 nitrogen and oxygen atoms in total. The summed E-state index contributed by atoms with van der Waals surface area (Å²) < 4.78 is 7.28. The lowest BCUT2D eigenvalue weighted by molar-refractivity contribution is 0.156. The molecule has 0 bridgehead atoms. The van der Waals surface area contributed by atoms with Gasteiger partial charge in [-0.25, -0.2) is 0 Å². The van der Waals surface area contributed by atoms with Crippen molar-refractivity contribution in [1.82, 2.24) is 15.1 Å². The standard InChI is InChI=1S/C13H23N3O/c1-9(8-17-4)16-11(3)13(10(2)15-16)7-14-12-5-6-12/h9,12,14H,5-8H2,1-4H3. The Labute approximate surface area is 103 Å². The second kappa shape index (κ2) is 5.19. The summed E-state index contributed by atoms with van der Waals surface area (Å²) in [5.41, 5.74) is 3.75. The molecule has 2 rings (SSSR count). The van der Waals surface area contributed by atoms with Gasteiger partial charge in [0.25, 0.3) is 0 Å². The first-order valence-electron chi connectivity index (χ1n) is 6.40. The van der Waals surface area contributed by atoms with Crippen LogP contribution in [0.4, 0.5) is 0 Å². The fraction of sp³-hybridized carbons (Fsp3) is 0.769. The van der Waals surface area contributed by atoms with Gasteiger partial charge < -0.3 is 10.1 Å². The van der Waals surface area contributed by atoms with Crippen molar-refractivity contribution in [3.63, 3.8) is 0 Å². The van der Waals surface area contributed by atoms with Gasteiger partial charge in [-0.05, 0) is 33.6 Å². The van der Waals surface area contributed by atoms with E-state index in [1.165, 1.54) is 24.1 Å². The lowest BCUT2D eigenvalue weighted by Gasteiger charge is -2.13. The van der Waals surface area contributed by atoms with Crippen molar-refractivity contribution in [3.8, 4) is 0 Å². The van der Waals surface area contributed by atoms with E-state index in [0.717, 1.165) is 18.3 Å². The average Bonchev–Trinajstić information content (AvgIpc) is 3.05. The predicted octanol–water partition coefficient (Wildman–Crippen LogP) is 1.96. The zero-order chi connectivity index (χ0) is 12.4. The number of aromatic nitrogens is 2. The van der Waals surface area contributed by atoms with Gasteiger partial charge in [-0.3, -0.25) is 4.68 Å². The average molecular weight is 237 g/mol. The molecule has 17 heavy (non-hydrogen) atoms. The molecule has 1 atom stereocenters. The molecule has 0 aromatic carbocycles. The number of nitrogens with one attached hydrogen (secondary N) is 1. The van der Waals surface area contributed by atoms with Crippen LogP contribution in [0.2, 0.25) is 0 Å². The third kappa shape index (κ3) is 2.87. The van der Waals surface area contributed by atoms with Gasteiger partial charge in [0.1, 0.15) is 0 Å². The first-order valence-corrected chi connectivity index (χ1v) is 6.40. The molecule has 1 aromatic heterocycles. The number of hydrogen-bond donors (Lipinski definition) is 1. The topological polar surface area (TPSA) is 39.1 Å². The summed E-state index contributed by atoms with van der Waals surface area (Å²) in [5, 5.41) is 8.18. The van der Waals surface area contributed by atoms with E-state index in [1.807, 2.05) is 0 Å². The molecule has 4 heteroatoms.